The zero-order valence-corrected chi connectivity index (χ0v) is 15.4. The van der Waals surface area contributed by atoms with Crippen LogP contribution in [0.15, 0.2) is 77.2 Å². The average Bonchev–Trinajstić information content (AvgIpc) is 2.61. The first kappa shape index (κ1) is 20.7. The van der Waals surface area contributed by atoms with Crippen molar-refractivity contribution in [2.45, 2.75) is 26.2 Å². The normalized spacial score (nSPS) is 11.5. The number of hydrogen-bond acceptors (Lipinski definition) is 0. The summed E-state index contributed by atoms with van der Waals surface area (Å²) in [7, 11) is -6.00. The van der Waals surface area contributed by atoms with E-state index in [1.54, 1.807) is 0 Å². The smallest absolute Gasteiger partial charge is 0.418 e. The fourth-order valence-electron chi connectivity index (χ4n) is 2.42. The Morgan fingerprint density at radius 1 is 0.667 bits per heavy atom. The van der Waals surface area contributed by atoms with Gasteiger partial charge in [-0.25, -0.2) is 4.42 Å². The Morgan fingerprint density at radius 3 is 1.30 bits per heavy atom. The highest BCUT2D eigenvalue weighted by Gasteiger charge is 2.24. The second-order valence-electron chi connectivity index (χ2n) is 7.05. The van der Waals surface area contributed by atoms with E-state index in [-0.39, 0.29) is 5.41 Å². The lowest BCUT2D eigenvalue weighted by molar-refractivity contribution is 0.368. The van der Waals surface area contributed by atoms with Crippen LogP contribution in [0.4, 0.5) is 17.3 Å². The van der Waals surface area contributed by atoms with Crippen molar-refractivity contribution < 1.29 is 21.7 Å². The molecule has 0 amide bonds. The molecule has 3 rings (SSSR count). The van der Waals surface area contributed by atoms with E-state index < -0.39 is 7.25 Å². The van der Waals surface area contributed by atoms with Gasteiger partial charge < -0.3 is 17.3 Å². The maximum Gasteiger partial charge on any atom is 0.673 e. The largest absolute Gasteiger partial charge is 0.673 e. The van der Waals surface area contributed by atoms with Gasteiger partial charge in [-0.05, 0) is 35.2 Å². The zero-order chi connectivity index (χ0) is 20.1. The van der Waals surface area contributed by atoms with Gasteiger partial charge >= 0.3 is 18.8 Å². The first-order chi connectivity index (χ1) is 12.5. The molecule has 0 N–H and O–H groups in total. The monoisotopic (exact) mass is 376 g/mol. The van der Waals surface area contributed by atoms with Crippen LogP contribution in [0.1, 0.15) is 26.3 Å². The Labute approximate surface area is 156 Å². The Kier molecular flexibility index (Phi) is 6.42. The standard InChI is InChI=1S/C21H21O.BF4/c1-21(2,3)18-14-19(16-10-6-4-7-11-16)22-20(15-18)17-12-8-5-9-13-17;2-1(3,4)5/h4-15H,1-3H3;/q+1;-1. The van der Waals surface area contributed by atoms with E-state index in [9.17, 15) is 17.3 Å². The van der Waals surface area contributed by atoms with Gasteiger partial charge in [-0.3, -0.25) is 0 Å². The highest BCUT2D eigenvalue weighted by molar-refractivity contribution is 6.50. The van der Waals surface area contributed by atoms with E-state index in [0.717, 1.165) is 22.6 Å². The minimum atomic E-state index is -6.00. The van der Waals surface area contributed by atoms with Crippen LogP contribution in [0, 0.1) is 0 Å². The lowest BCUT2D eigenvalue weighted by atomic mass is 9.86. The average molecular weight is 376 g/mol. The lowest BCUT2D eigenvalue weighted by Crippen LogP contribution is -2.11. The second-order valence-corrected chi connectivity index (χ2v) is 7.05. The topological polar surface area (TPSA) is 11.3 Å². The van der Waals surface area contributed by atoms with E-state index in [1.165, 1.54) is 5.56 Å². The minimum Gasteiger partial charge on any atom is -0.418 e. The maximum atomic E-state index is 9.75. The number of rotatable bonds is 2. The Morgan fingerprint density at radius 2 is 1.00 bits per heavy atom. The van der Waals surface area contributed by atoms with Crippen molar-refractivity contribution >= 4 is 7.25 Å². The second kappa shape index (κ2) is 8.38. The lowest BCUT2D eigenvalue weighted by Gasteiger charge is -2.17. The van der Waals surface area contributed by atoms with Gasteiger partial charge in [0.05, 0.1) is 11.1 Å². The van der Waals surface area contributed by atoms with E-state index in [1.807, 2.05) is 36.4 Å². The van der Waals surface area contributed by atoms with Crippen molar-refractivity contribution in [2.24, 2.45) is 0 Å². The molecule has 1 heterocycles. The van der Waals surface area contributed by atoms with Crippen molar-refractivity contribution in [3.05, 3.63) is 78.4 Å². The molecule has 0 unspecified atom stereocenters. The van der Waals surface area contributed by atoms with Crippen LogP contribution < -0.4 is 0 Å². The molecule has 1 aromatic heterocycles. The molecule has 0 aliphatic carbocycles. The predicted octanol–water partition coefficient (Wildman–Crippen LogP) is 7.49. The highest BCUT2D eigenvalue weighted by atomic mass is 19.5. The zero-order valence-electron chi connectivity index (χ0n) is 15.4. The molecule has 0 aliphatic rings. The molecular formula is C21H21BF4O. The van der Waals surface area contributed by atoms with Gasteiger partial charge in [-0.15, -0.1) is 0 Å². The summed E-state index contributed by atoms with van der Waals surface area (Å²) in [5, 5.41) is 0. The molecule has 0 bridgehead atoms. The van der Waals surface area contributed by atoms with Crippen molar-refractivity contribution in [2.75, 3.05) is 0 Å². The number of halogens is 4. The van der Waals surface area contributed by atoms with E-state index >= 15 is 0 Å². The van der Waals surface area contributed by atoms with E-state index in [4.69, 9.17) is 4.42 Å². The molecule has 142 valence electrons. The Balaban J connectivity index is 0.000000465. The summed E-state index contributed by atoms with van der Waals surface area (Å²) in [6, 6.07) is 24.8. The van der Waals surface area contributed by atoms with Crippen LogP contribution in [0.2, 0.25) is 0 Å². The molecule has 1 nitrogen and oxygen atoms in total. The molecule has 3 aromatic rings. The van der Waals surface area contributed by atoms with Gasteiger partial charge in [0.25, 0.3) is 0 Å². The van der Waals surface area contributed by atoms with Crippen LogP contribution in [0.25, 0.3) is 22.6 Å². The molecule has 0 saturated heterocycles. The van der Waals surface area contributed by atoms with Crippen LogP contribution in [-0.2, 0) is 5.41 Å². The van der Waals surface area contributed by atoms with Gasteiger partial charge in [0.15, 0.2) is 0 Å². The predicted molar refractivity (Wildman–Crippen MR) is 103 cm³/mol. The molecular weight excluding hydrogens is 355 g/mol. The third kappa shape index (κ3) is 6.89. The SMILES string of the molecule is CC(C)(C)c1cc(-c2ccccc2)[o+]c(-c2ccccc2)c1.F[B-](F)(F)F. The van der Waals surface area contributed by atoms with Crippen molar-refractivity contribution in [3.63, 3.8) is 0 Å². The summed E-state index contributed by atoms with van der Waals surface area (Å²) in [6.07, 6.45) is 0. The molecule has 0 fully saturated rings. The highest BCUT2D eigenvalue weighted by Crippen LogP contribution is 2.33. The molecule has 0 atom stereocenters. The van der Waals surface area contributed by atoms with Crippen LogP contribution >= 0.6 is 0 Å². The molecule has 6 heteroatoms. The first-order valence-electron chi connectivity index (χ1n) is 8.51. The summed E-state index contributed by atoms with van der Waals surface area (Å²) in [4.78, 5) is 0. The maximum absolute atomic E-state index is 9.75. The third-order valence-corrected chi connectivity index (χ3v) is 3.78. The van der Waals surface area contributed by atoms with Crippen LogP contribution in [0.5, 0.6) is 0 Å². The summed E-state index contributed by atoms with van der Waals surface area (Å²) >= 11 is 0. The molecule has 0 saturated carbocycles. The molecule has 0 aliphatic heterocycles. The molecule has 0 spiro atoms. The van der Waals surface area contributed by atoms with Gasteiger partial charge in [-0.1, -0.05) is 57.2 Å². The molecule has 27 heavy (non-hydrogen) atoms. The fraction of sp³-hybridized carbons (Fsp3) is 0.190. The minimum absolute atomic E-state index is 0.0733. The molecule has 2 aromatic carbocycles. The summed E-state index contributed by atoms with van der Waals surface area (Å²) in [5.41, 5.74) is 3.55. The van der Waals surface area contributed by atoms with E-state index in [2.05, 4.69) is 57.2 Å². The van der Waals surface area contributed by atoms with Gasteiger partial charge in [0, 0.05) is 12.1 Å². The van der Waals surface area contributed by atoms with Crippen molar-refractivity contribution in [1.29, 1.82) is 0 Å². The first-order valence-corrected chi connectivity index (χ1v) is 8.51. The Bertz CT molecular complexity index is 793. The van der Waals surface area contributed by atoms with Gasteiger partial charge in [-0.2, -0.15) is 0 Å². The van der Waals surface area contributed by atoms with Crippen LogP contribution in [0.3, 0.4) is 0 Å². The Hall–Kier alpha value is -2.63. The van der Waals surface area contributed by atoms with Gasteiger partial charge in [0.1, 0.15) is 0 Å². The van der Waals surface area contributed by atoms with Gasteiger partial charge in [0.2, 0.25) is 0 Å². The quantitative estimate of drug-likeness (QED) is 0.256. The van der Waals surface area contributed by atoms with Crippen molar-refractivity contribution in [1.82, 2.24) is 0 Å². The summed E-state index contributed by atoms with van der Waals surface area (Å²) < 4.78 is 45.2. The fourth-order valence-corrected chi connectivity index (χ4v) is 2.42. The third-order valence-electron chi connectivity index (χ3n) is 3.78. The summed E-state index contributed by atoms with van der Waals surface area (Å²) in [5.74, 6) is 1.82. The summed E-state index contributed by atoms with van der Waals surface area (Å²) in [6.45, 7) is 6.68. The number of hydrogen-bond donors (Lipinski definition) is 0. The number of benzene rings is 2. The van der Waals surface area contributed by atoms with Crippen molar-refractivity contribution in [3.8, 4) is 22.6 Å². The van der Waals surface area contributed by atoms with Crippen LogP contribution in [-0.4, -0.2) is 7.25 Å². The molecule has 0 radical (unpaired) electrons. The van der Waals surface area contributed by atoms with E-state index in [0.29, 0.717) is 0 Å².